The van der Waals surface area contributed by atoms with Crippen LogP contribution in [-0.4, -0.2) is 24.5 Å². The molecule has 0 aliphatic heterocycles. The van der Waals surface area contributed by atoms with E-state index in [1.807, 2.05) is 0 Å². The number of hydrogen-bond acceptors (Lipinski definition) is 6. The van der Waals surface area contributed by atoms with Crippen molar-refractivity contribution in [3.05, 3.63) is 30.5 Å². The van der Waals surface area contributed by atoms with Gasteiger partial charge >= 0.3 is 0 Å². The van der Waals surface area contributed by atoms with Crippen LogP contribution in [0, 0.1) is 0 Å². The SMILES string of the molecule is CCCNc1ccc(S(=O)(=O)Nc2cnns2)cc1. The summed E-state index contributed by atoms with van der Waals surface area (Å²) in [5.41, 5.74) is 0.903. The highest BCUT2D eigenvalue weighted by atomic mass is 32.2. The third kappa shape index (κ3) is 3.65. The fourth-order valence-corrected chi connectivity index (χ4v) is 3.11. The van der Waals surface area contributed by atoms with Gasteiger partial charge in [-0.15, -0.1) is 5.10 Å². The Morgan fingerprint density at radius 2 is 2.00 bits per heavy atom. The van der Waals surface area contributed by atoms with Gasteiger partial charge in [-0.1, -0.05) is 11.4 Å². The maximum absolute atomic E-state index is 12.0. The molecule has 19 heavy (non-hydrogen) atoms. The third-order valence-electron chi connectivity index (χ3n) is 2.34. The van der Waals surface area contributed by atoms with E-state index in [1.54, 1.807) is 24.3 Å². The van der Waals surface area contributed by atoms with Crippen molar-refractivity contribution in [2.24, 2.45) is 0 Å². The van der Waals surface area contributed by atoms with Gasteiger partial charge in [-0.05, 0) is 30.7 Å². The fourth-order valence-electron chi connectivity index (χ4n) is 1.42. The molecule has 0 radical (unpaired) electrons. The van der Waals surface area contributed by atoms with Crippen molar-refractivity contribution < 1.29 is 8.42 Å². The second-order valence-corrected chi connectivity index (χ2v) is 6.31. The second-order valence-electron chi connectivity index (χ2n) is 3.84. The van der Waals surface area contributed by atoms with Crippen molar-refractivity contribution >= 4 is 32.2 Å². The smallest absolute Gasteiger partial charge is 0.262 e. The van der Waals surface area contributed by atoms with Gasteiger partial charge in [-0.2, -0.15) is 0 Å². The van der Waals surface area contributed by atoms with Gasteiger partial charge in [0.2, 0.25) is 0 Å². The highest BCUT2D eigenvalue weighted by molar-refractivity contribution is 7.93. The Hall–Kier alpha value is -1.67. The van der Waals surface area contributed by atoms with Crippen molar-refractivity contribution in [1.82, 2.24) is 9.59 Å². The second kappa shape index (κ2) is 5.98. The molecule has 2 aromatic rings. The number of benzene rings is 1. The number of aromatic nitrogens is 2. The largest absolute Gasteiger partial charge is 0.385 e. The molecule has 0 fully saturated rings. The summed E-state index contributed by atoms with van der Waals surface area (Å²) < 4.78 is 30.1. The third-order valence-corrected chi connectivity index (χ3v) is 4.43. The van der Waals surface area contributed by atoms with Crippen molar-refractivity contribution in [3.8, 4) is 0 Å². The van der Waals surface area contributed by atoms with E-state index in [0.29, 0.717) is 5.00 Å². The first kappa shape index (κ1) is 13.8. The molecule has 0 aliphatic carbocycles. The van der Waals surface area contributed by atoms with Gasteiger partial charge < -0.3 is 5.32 Å². The van der Waals surface area contributed by atoms with Gasteiger partial charge in [0.25, 0.3) is 10.0 Å². The zero-order valence-corrected chi connectivity index (χ0v) is 12.0. The molecule has 8 heteroatoms. The van der Waals surface area contributed by atoms with Crippen LogP contribution in [0.1, 0.15) is 13.3 Å². The van der Waals surface area contributed by atoms with Gasteiger partial charge in [0.1, 0.15) is 5.00 Å². The number of sulfonamides is 1. The first-order valence-electron chi connectivity index (χ1n) is 5.76. The summed E-state index contributed by atoms with van der Waals surface area (Å²) in [7, 11) is -3.57. The Kier molecular flexibility index (Phi) is 4.33. The van der Waals surface area contributed by atoms with Gasteiger partial charge in [0.15, 0.2) is 0 Å². The standard InChI is InChI=1S/C11H14N4O2S2/c1-2-7-12-9-3-5-10(6-4-9)19(16,17)14-11-8-13-15-18-11/h3-6,8,12,14H,2,7H2,1H3. The van der Waals surface area contributed by atoms with Crippen LogP contribution in [0.15, 0.2) is 35.4 Å². The summed E-state index contributed by atoms with van der Waals surface area (Å²) in [4.78, 5) is 0.211. The number of rotatable bonds is 6. The average molecular weight is 298 g/mol. The Bertz CT molecular complexity index is 609. The van der Waals surface area contributed by atoms with E-state index in [-0.39, 0.29) is 4.90 Å². The van der Waals surface area contributed by atoms with Gasteiger partial charge in [-0.25, -0.2) is 8.42 Å². The lowest BCUT2D eigenvalue weighted by Gasteiger charge is -2.07. The molecule has 0 atom stereocenters. The van der Waals surface area contributed by atoms with Crippen LogP contribution in [0.2, 0.25) is 0 Å². The maximum Gasteiger partial charge on any atom is 0.262 e. The van der Waals surface area contributed by atoms with Crippen molar-refractivity contribution in [3.63, 3.8) is 0 Å². The van der Waals surface area contributed by atoms with Crippen molar-refractivity contribution in [1.29, 1.82) is 0 Å². The zero-order valence-electron chi connectivity index (χ0n) is 10.3. The van der Waals surface area contributed by atoms with Gasteiger partial charge in [-0.3, -0.25) is 4.72 Å². The lowest BCUT2D eigenvalue weighted by Crippen LogP contribution is -2.12. The monoisotopic (exact) mass is 298 g/mol. The van der Waals surface area contributed by atoms with E-state index in [0.717, 1.165) is 30.2 Å². The summed E-state index contributed by atoms with van der Waals surface area (Å²) >= 11 is 0.995. The van der Waals surface area contributed by atoms with E-state index >= 15 is 0 Å². The van der Waals surface area contributed by atoms with E-state index in [2.05, 4.69) is 26.5 Å². The van der Waals surface area contributed by atoms with E-state index in [9.17, 15) is 8.42 Å². The first-order chi connectivity index (χ1) is 9.12. The van der Waals surface area contributed by atoms with Crippen LogP contribution in [0.25, 0.3) is 0 Å². The minimum Gasteiger partial charge on any atom is -0.385 e. The van der Waals surface area contributed by atoms with E-state index in [4.69, 9.17) is 0 Å². The first-order valence-corrected chi connectivity index (χ1v) is 8.01. The fraction of sp³-hybridized carbons (Fsp3) is 0.273. The zero-order chi connectivity index (χ0) is 13.7. The Morgan fingerprint density at radius 3 is 2.58 bits per heavy atom. The molecular formula is C11H14N4O2S2. The summed E-state index contributed by atoms with van der Waals surface area (Å²) in [5.74, 6) is 0. The van der Waals surface area contributed by atoms with Crippen LogP contribution >= 0.6 is 11.5 Å². The molecular weight excluding hydrogens is 284 g/mol. The maximum atomic E-state index is 12.0. The summed E-state index contributed by atoms with van der Waals surface area (Å²) in [6.07, 6.45) is 2.39. The Balaban J connectivity index is 2.12. The number of nitrogens with one attached hydrogen (secondary N) is 2. The molecule has 2 rings (SSSR count). The number of anilines is 2. The molecule has 0 amide bonds. The minimum atomic E-state index is -3.57. The van der Waals surface area contributed by atoms with E-state index < -0.39 is 10.0 Å². The highest BCUT2D eigenvalue weighted by Crippen LogP contribution is 2.19. The van der Waals surface area contributed by atoms with Gasteiger partial charge in [0.05, 0.1) is 11.1 Å². The van der Waals surface area contributed by atoms with Crippen molar-refractivity contribution in [2.45, 2.75) is 18.2 Å². The summed E-state index contributed by atoms with van der Waals surface area (Å²) in [6, 6.07) is 6.62. The van der Waals surface area contributed by atoms with Crippen LogP contribution in [-0.2, 0) is 10.0 Å². The molecule has 0 saturated carbocycles. The molecule has 1 aromatic carbocycles. The van der Waals surface area contributed by atoms with Gasteiger partial charge in [0, 0.05) is 23.8 Å². The van der Waals surface area contributed by atoms with Crippen LogP contribution in [0.5, 0.6) is 0 Å². The number of hydrogen-bond donors (Lipinski definition) is 2. The molecule has 1 heterocycles. The lowest BCUT2D eigenvalue weighted by molar-refractivity contribution is 0.601. The predicted octanol–water partition coefficient (Wildman–Crippen LogP) is 2.16. The minimum absolute atomic E-state index is 0.211. The summed E-state index contributed by atoms with van der Waals surface area (Å²) in [5, 5.41) is 7.16. The molecule has 0 bridgehead atoms. The van der Waals surface area contributed by atoms with Crippen LogP contribution < -0.4 is 10.0 Å². The van der Waals surface area contributed by atoms with E-state index in [1.165, 1.54) is 6.20 Å². The molecule has 102 valence electrons. The summed E-state index contributed by atoms with van der Waals surface area (Å²) in [6.45, 7) is 2.93. The molecule has 0 spiro atoms. The molecule has 0 aliphatic rings. The Labute approximate surface area is 116 Å². The Morgan fingerprint density at radius 1 is 1.26 bits per heavy atom. The quantitative estimate of drug-likeness (QED) is 0.853. The van der Waals surface area contributed by atoms with Crippen LogP contribution in [0.3, 0.4) is 0 Å². The average Bonchev–Trinajstić information content (AvgIpc) is 2.89. The number of nitrogens with zero attached hydrogens (tertiary/aromatic N) is 2. The predicted molar refractivity (Wildman–Crippen MR) is 75.9 cm³/mol. The normalized spacial score (nSPS) is 11.2. The molecule has 0 saturated heterocycles. The van der Waals surface area contributed by atoms with Crippen LogP contribution in [0.4, 0.5) is 10.7 Å². The molecule has 6 nitrogen and oxygen atoms in total. The highest BCUT2D eigenvalue weighted by Gasteiger charge is 2.14. The topological polar surface area (TPSA) is 84.0 Å². The van der Waals surface area contributed by atoms with Crippen molar-refractivity contribution in [2.75, 3.05) is 16.6 Å². The molecule has 2 N–H and O–H groups in total. The molecule has 0 unspecified atom stereocenters. The molecule has 1 aromatic heterocycles. The lowest BCUT2D eigenvalue weighted by atomic mass is 10.3.